The summed E-state index contributed by atoms with van der Waals surface area (Å²) in [5, 5.41) is 16.8. The van der Waals surface area contributed by atoms with Crippen LogP contribution in [0.15, 0.2) is 4.99 Å². The van der Waals surface area contributed by atoms with E-state index in [1.165, 1.54) is 0 Å². The molecular weight excluding hydrogens is 341 g/mol. The van der Waals surface area contributed by atoms with Crippen molar-refractivity contribution in [1.29, 1.82) is 0 Å². The van der Waals surface area contributed by atoms with E-state index in [4.69, 9.17) is 0 Å². The van der Waals surface area contributed by atoms with Crippen LogP contribution < -0.4 is 10.6 Å². The highest BCUT2D eigenvalue weighted by Gasteiger charge is 2.30. The summed E-state index contributed by atoms with van der Waals surface area (Å²) >= 11 is 0. The number of nitrogens with one attached hydrogen (secondary N) is 2. The van der Waals surface area contributed by atoms with Crippen molar-refractivity contribution in [3.63, 3.8) is 0 Å². The van der Waals surface area contributed by atoms with Gasteiger partial charge in [-0.15, -0.1) is 24.0 Å². The quantitative estimate of drug-likeness (QED) is 0.406. The molecular formula is C13H28IN3O. The highest BCUT2D eigenvalue weighted by Crippen LogP contribution is 2.29. The number of guanidine groups is 1. The van der Waals surface area contributed by atoms with Crippen LogP contribution in [-0.4, -0.2) is 35.3 Å². The van der Waals surface area contributed by atoms with Crippen molar-refractivity contribution in [3.8, 4) is 0 Å². The number of aliphatic imine (C=N–C) groups is 1. The van der Waals surface area contributed by atoms with E-state index >= 15 is 0 Å². The van der Waals surface area contributed by atoms with Crippen molar-refractivity contribution in [1.82, 2.24) is 10.6 Å². The lowest BCUT2D eigenvalue weighted by Gasteiger charge is -2.25. The van der Waals surface area contributed by atoms with Gasteiger partial charge in [-0.05, 0) is 40.5 Å². The average Bonchev–Trinajstić information content (AvgIpc) is 2.61. The minimum Gasteiger partial charge on any atom is -0.388 e. The summed E-state index contributed by atoms with van der Waals surface area (Å²) in [4.78, 5) is 4.50. The topological polar surface area (TPSA) is 56.7 Å². The standard InChI is InChI=1S/C13H27N3O.HI/c1-5-14-11(16-12(2,3)4)15-10-13(17)8-6-7-9-13;/h17H,5-10H2,1-4H3,(H2,14,15,16);1H. The highest BCUT2D eigenvalue weighted by atomic mass is 127. The molecule has 3 N–H and O–H groups in total. The monoisotopic (exact) mass is 369 g/mol. The van der Waals surface area contributed by atoms with E-state index in [1.807, 2.05) is 6.92 Å². The lowest BCUT2D eigenvalue weighted by atomic mass is 10.0. The second-order valence-electron chi connectivity index (χ2n) is 6.00. The summed E-state index contributed by atoms with van der Waals surface area (Å²) in [6.45, 7) is 9.68. The number of hydrogen-bond acceptors (Lipinski definition) is 2. The lowest BCUT2D eigenvalue weighted by Crippen LogP contribution is -2.48. The molecule has 0 spiro atoms. The summed E-state index contributed by atoms with van der Waals surface area (Å²) in [7, 11) is 0. The largest absolute Gasteiger partial charge is 0.388 e. The van der Waals surface area contributed by atoms with Gasteiger partial charge in [0, 0.05) is 12.1 Å². The number of halogens is 1. The van der Waals surface area contributed by atoms with E-state index in [1.54, 1.807) is 0 Å². The van der Waals surface area contributed by atoms with Crippen molar-refractivity contribution in [2.45, 2.75) is 64.5 Å². The zero-order valence-electron chi connectivity index (χ0n) is 12.0. The van der Waals surface area contributed by atoms with Crippen molar-refractivity contribution in [3.05, 3.63) is 0 Å². The van der Waals surface area contributed by atoms with Gasteiger partial charge in [-0.3, -0.25) is 4.99 Å². The summed E-state index contributed by atoms with van der Waals surface area (Å²) in [5.41, 5.74) is -0.584. The third-order valence-electron chi connectivity index (χ3n) is 2.90. The molecule has 0 amide bonds. The summed E-state index contributed by atoms with van der Waals surface area (Å²) in [6, 6.07) is 0. The Labute approximate surface area is 128 Å². The summed E-state index contributed by atoms with van der Waals surface area (Å²) in [6.07, 6.45) is 4.00. The van der Waals surface area contributed by atoms with Gasteiger partial charge in [-0.25, -0.2) is 0 Å². The Bertz CT molecular complexity index is 268. The zero-order chi connectivity index (χ0) is 12.9. The van der Waals surface area contributed by atoms with Gasteiger partial charge < -0.3 is 15.7 Å². The normalized spacial score (nSPS) is 19.3. The average molecular weight is 369 g/mol. The van der Waals surface area contributed by atoms with Gasteiger partial charge in [0.05, 0.1) is 12.1 Å². The van der Waals surface area contributed by atoms with E-state index in [-0.39, 0.29) is 29.5 Å². The Morgan fingerprint density at radius 2 is 1.83 bits per heavy atom. The second-order valence-corrected chi connectivity index (χ2v) is 6.00. The van der Waals surface area contributed by atoms with Crippen LogP contribution in [0.3, 0.4) is 0 Å². The molecule has 0 bridgehead atoms. The Morgan fingerprint density at radius 3 is 2.28 bits per heavy atom. The maximum absolute atomic E-state index is 10.2. The fraction of sp³-hybridized carbons (Fsp3) is 0.923. The van der Waals surface area contributed by atoms with Crippen LogP contribution in [-0.2, 0) is 0 Å². The van der Waals surface area contributed by atoms with E-state index in [9.17, 15) is 5.11 Å². The van der Waals surface area contributed by atoms with Gasteiger partial charge in [-0.1, -0.05) is 12.8 Å². The molecule has 0 saturated heterocycles. The minimum absolute atomic E-state index is 0. The SMILES string of the molecule is CCNC(=NCC1(O)CCCC1)NC(C)(C)C.I. The van der Waals surface area contributed by atoms with Gasteiger partial charge in [0.15, 0.2) is 5.96 Å². The van der Waals surface area contributed by atoms with Crippen LogP contribution in [0, 0.1) is 0 Å². The molecule has 0 aromatic carbocycles. The van der Waals surface area contributed by atoms with E-state index in [2.05, 4.69) is 36.4 Å². The predicted octanol–water partition coefficient (Wildman–Crippen LogP) is 2.26. The van der Waals surface area contributed by atoms with Crippen LogP contribution in [0.5, 0.6) is 0 Å². The lowest BCUT2D eigenvalue weighted by molar-refractivity contribution is 0.0573. The van der Waals surface area contributed by atoms with Gasteiger partial charge in [-0.2, -0.15) is 0 Å². The van der Waals surface area contributed by atoms with Crippen LogP contribution in [0.1, 0.15) is 53.4 Å². The number of nitrogens with zero attached hydrogens (tertiary/aromatic N) is 1. The molecule has 0 unspecified atom stereocenters. The van der Waals surface area contributed by atoms with Crippen molar-refractivity contribution in [2.24, 2.45) is 4.99 Å². The Morgan fingerprint density at radius 1 is 1.28 bits per heavy atom. The maximum atomic E-state index is 10.2. The number of aliphatic hydroxyl groups is 1. The van der Waals surface area contributed by atoms with E-state index in [0.29, 0.717) is 6.54 Å². The third-order valence-corrected chi connectivity index (χ3v) is 2.90. The zero-order valence-corrected chi connectivity index (χ0v) is 14.4. The number of rotatable bonds is 3. The number of hydrogen-bond donors (Lipinski definition) is 3. The van der Waals surface area contributed by atoms with Crippen LogP contribution in [0.25, 0.3) is 0 Å². The van der Waals surface area contributed by atoms with Crippen molar-refractivity contribution in [2.75, 3.05) is 13.1 Å². The highest BCUT2D eigenvalue weighted by molar-refractivity contribution is 14.0. The smallest absolute Gasteiger partial charge is 0.191 e. The molecule has 0 heterocycles. The Balaban J connectivity index is 0.00000289. The molecule has 1 rings (SSSR count). The Kier molecular flexibility index (Phi) is 7.51. The predicted molar refractivity (Wildman–Crippen MR) is 87.7 cm³/mol. The first-order valence-corrected chi connectivity index (χ1v) is 6.63. The first-order valence-electron chi connectivity index (χ1n) is 6.63. The molecule has 0 aromatic heterocycles. The molecule has 5 heteroatoms. The molecule has 108 valence electrons. The fourth-order valence-corrected chi connectivity index (χ4v) is 2.08. The molecule has 0 radical (unpaired) electrons. The van der Waals surface area contributed by atoms with Gasteiger partial charge in [0.2, 0.25) is 0 Å². The summed E-state index contributed by atoms with van der Waals surface area (Å²) < 4.78 is 0. The van der Waals surface area contributed by atoms with E-state index < -0.39 is 5.60 Å². The Hall–Kier alpha value is -0.0400. The van der Waals surface area contributed by atoms with Crippen LogP contribution >= 0.6 is 24.0 Å². The summed E-state index contributed by atoms with van der Waals surface area (Å²) in [5.74, 6) is 0.792. The van der Waals surface area contributed by atoms with Gasteiger partial charge >= 0.3 is 0 Å². The molecule has 0 aliphatic heterocycles. The molecule has 0 atom stereocenters. The van der Waals surface area contributed by atoms with Crippen LogP contribution in [0.2, 0.25) is 0 Å². The van der Waals surface area contributed by atoms with Crippen molar-refractivity contribution >= 4 is 29.9 Å². The van der Waals surface area contributed by atoms with Crippen molar-refractivity contribution < 1.29 is 5.11 Å². The minimum atomic E-state index is -0.569. The molecule has 1 saturated carbocycles. The molecule has 18 heavy (non-hydrogen) atoms. The second kappa shape index (κ2) is 7.53. The van der Waals surface area contributed by atoms with Gasteiger partial charge in [0.1, 0.15) is 0 Å². The van der Waals surface area contributed by atoms with E-state index in [0.717, 1.165) is 38.2 Å². The third kappa shape index (κ3) is 6.78. The molecule has 1 aliphatic rings. The molecule has 4 nitrogen and oxygen atoms in total. The first kappa shape index (κ1) is 18.0. The molecule has 1 aliphatic carbocycles. The van der Waals surface area contributed by atoms with Gasteiger partial charge in [0.25, 0.3) is 0 Å². The maximum Gasteiger partial charge on any atom is 0.191 e. The molecule has 0 aromatic rings. The van der Waals surface area contributed by atoms with Crippen LogP contribution in [0.4, 0.5) is 0 Å². The molecule has 1 fully saturated rings. The fourth-order valence-electron chi connectivity index (χ4n) is 2.08. The first-order chi connectivity index (χ1) is 7.85.